The highest BCUT2D eigenvalue weighted by Crippen LogP contribution is 2.34. The van der Waals surface area contributed by atoms with E-state index in [4.69, 9.17) is 0 Å². The molecule has 0 spiro atoms. The summed E-state index contributed by atoms with van der Waals surface area (Å²) in [6.45, 7) is 0. The summed E-state index contributed by atoms with van der Waals surface area (Å²) >= 11 is 0. The number of oxime groups is 1. The molecule has 1 aromatic rings. The van der Waals surface area contributed by atoms with Gasteiger partial charge in [-0.2, -0.15) is 0 Å². The average molecular weight is 302 g/mol. The van der Waals surface area contributed by atoms with Crippen molar-refractivity contribution in [3.05, 3.63) is 51.2 Å². The zero-order chi connectivity index (χ0) is 15.7. The molecule has 1 atom stereocenters. The van der Waals surface area contributed by atoms with Crippen LogP contribution in [0, 0.1) is 10.1 Å². The summed E-state index contributed by atoms with van der Waals surface area (Å²) < 4.78 is 0. The molecule has 8 nitrogen and oxygen atoms in total. The predicted octanol–water partition coefficient (Wildman–Crippen LogP) is 2.22. The van der Waals surface area contributed by atoms with E-state index < -0.39 is 11.0 Å². The Hall–Kier alpha value is -2.90. The number of carbonyl (C=O) groups excluding carboxylic acids is 1. The molecule has 1 aliphatic carbocycles. The highest BCUT2D eigenvalue weighted by molar-refractivity contribution is 6.04. The Morgan fingerprint density at radius 1 is 1.36 bits per heavy atom. The van der Waals surface area contributed by atoms with Gasteiger partial charge < -0.3 is 15.8 Å². The molecule has 2 amide bonds. The molecule has 0 fully saturated rings. The molecular formula is C14H14N4O4. The molecule has 8 heteroatoms. The number of benzene rings is 1. The van der Waals surface area contributed by atoms with Crippen molar-refractivity contribution in [2.75, 3.05) is 0 Å². The van der Waals surface area contributed by atoms with E-state index in [9.17, 15) is 20.1 Å². The molecule has 22 heavy (non-hydrogen) atoms. The number of allylic oxidation sites excluding steroid dienone is 1. The Balaban J connectivity index is 2.09. The van der Waals surface area contributed by atoms with Crippen molar-refractivity contribution >= 4 is 17.4 Å². The van der Waals surface area contributed by atoms with E-state index in [0.29, 0.717) is 35.4 Å². The molecule has 0 unspecified atom stereocenters. The zero-order valence-corrected chi connectivity index (χ0v) is 11.6. The first-order chi connectivity index (χ1) is 10.6. The second-order valence-corrected chi connectivity index (χ2v) is 5.18. The number of nitrogens with zero attached hydrogens (tertiary/aromatic N) is 2. The lowest BCUT2D eigenvalue weighted by molar-refractivity contribution is -0.384. The third-order valence-corrected chi connectivity index (χ3v) is 3.84. The summed E-state index contributed by atoms with van der Waals surface area (Å²) in [5.41, 5.74) is 2.42. The molecule has 0 saturated heterocycles. The number of urea groups is 1. The van der Waals surface area contributed by atoms with Gasteiger partial charge in [-0.15, -0.1) is 0 Å². The quantitative estimate of drug-likeness (QED) is 0.441. The maximum Gasteiger partial charge on any atom is 0.319 e. The van der Waals surface area contributed by atoms with Crippen molar-refractivity contribution in [1.82, 2.24) is 10.6 Å². The smallest absolute Gasteiger partial charge is 0.319 e. The average Bonchev–Trinajstić information content (AvgIpc) is 2.53. The molecule has 1 aliphatic heterocycles. The largest absolute Gasteiger partial charge is 0.411 e. The monoisotopic (exact) mass is 302 g/mol. The van der Waals surface area contributed by atoms with E-state index in [-0.39, 0.29) is 11.7 Å². The fraction of sp³-hybridized carbons (Fsp3) is 0.286. The van der Waals surface area contributed by atoms with Gasteiger partial charge in [0.15, 0.2) is 0 Å². The molecule has 0 bridgehead atoms. The number of amides is 2. The standard InChI is InChI=1S/C14H14N4O4/c19-14-15-10-5-2-6-11(17-20)12(10)13(16-14)8-3-1-4-9(7-8)18(21)22/h1,3-4,7,13,20H,2,5-6H2,(H2,15,16,19)/b17-11+/t13-/m0/s1. The Morgan fingerprint density at radius 2 is 2.18 bits per heavy atom. The van der Waals surface area contributed by atoms with Crippen LogP contribution < -0.4 is 10.6 Å². The van der Waals surface area contributed by atoms with Crippen molar-refractivity contribution in [2.24, 2.45) is 5.16 Å². The lowest BCUT2D eigenvalue weighted by atomic mass is 9.85. The van der Waals surface area contributed by atoms with Gasteiger partial charge in [0.2, 0.25) is 0 Å². The van der Waals surface area contributed by atoms with Gasteiger partial charge in [-0.05, 0) is 24.8 Å². The molecule has 1 heterocycles. The van der Waals surface area contributed by atoms with Crippen LogP contribution in [-0.4, -0.2) is 21.9 Å². The summed E-state index contributed by atoms with van der Waals surface area (Å²) in [4.78, 5) is 22.3. The Labute approximate surface area is 125 Å². The van der Waals surface area contributed by atoms with Crippen LogP contribution in [0.2, 0.25) is 0 Å². The normalized spacial score (nSPS) is 22.8. The van der Waals surface area contributed by atoms with Crippen LogP contribution in [0.3, 0.4) is 0 Å². The van der Waals surface area contributed by atoms with Gasteiger partial charge in [-0.25, -0.2) is 4.79 Å². The van der Waals surface area contributed by atoms with Gasteiger partial charge in [0.05, 0.1) is 16.7 Å². The maximum absolute atomic E-state index is 11.8. The third kappa shape index (κ3) is 2.39. The number of nitro groups is 1. The minimum Gasteiger partial charge on any atom is -0.411 e. The molecule has 3 rings (SSSR count). The van der Waals surface area contributed by atoms with Gasteiger partial charge in [0.25, 0.3) is 5.69 Å². The van der Waals surface area contributed by atoms with E-state index in [1.807, 2.05) is 0 Å². The molecule has 0 saturated carbocycles. The van der Waals surface area contributed by atoms with Gasteiger partial charge in [0.1, 0.15) is 0 Å². The van der Waals surface area contributed by atoms with Gasteiger partial charge >= 0.3 is 6.03 Å². The first kappa shape index (κ1) is 14.1. The second-order valence-electron chi connectivity index (χ2n) is 5.18. The van der Waals surface area contributed by atoms with Crippen LogP contribution in [0.5, 0.6) is 0 Å². The first-order valence-corrected chi connectivity index (χ1v) is 6.86. The summed E-state index contributed by atoms with van der Waals surface area (Å²) in [5, 5.41) is 28.9. The number of nitrogens with one attached hydrogen (secondary N) is 2. The molecule has 1 aromatic carbocycles. The second kappa shape index (κ2) is 5.47. The minimum absolute atomic E-state index is 0.0503. The Morgan fingerprint density at radius 3 is 2.91 bits per heavy atom. The van der Waals surface area contributed by atoms with E-state index in [2.05, 4.69) is 15.8 Å². The van der Waals surface area contributed by atoms with E-state index >= 15 is 0 Å². The van der Waals surface area contributed by atoms with Crippen molar-refractivity contribution in [2.45, 2.75) is 25.3 Å². The molecule has 2 aliphatic rings. The highest BCUT2D eigenvalue weighted by Gasteiger charge is 2.34. The Bertz CT molecular complexity index is 711. The highest BCUT2D eigenvalue weighted by atomic mass is 16.6. The number of hydrogen-bond donors (Lipinski definition) is 3. The zero-order valence-electron chi connectivity index (χ0n) is 11.6. The fourth-order valence-corrected chi connectivity index (χ4v) is 2.89. The Kier molecular flexibility index (Phi) is 3.50. The van der Waals surface area contributed by atoms with Crippen molar-refractivity contribution < 1.29 is 14.9 Å². The summed E-state index contributed by atoms with van der Waals surface area (Å²) in [6.07, 6.45) is 2.05. The van der Waals surface area contributed by atoms with Crippen LogP contribution in [0.1, 0.15) is 30.9 Å². The molecule has 3 N–H and O–H groups in total. The lowest BCUT2D eigenvalue weighted by Crippen LogP contribution is -2.46. The third-order valence-electron chi connectivity index (χ3n) is 3.84. The number of rotatable bonds is 2. The van der Waals surface area contributed by atoms with Crippen molar-refractivity contribution in [3.8, 4) is 0 Å². The van der Waals surface area contributed by atoms with Crippen molar-refractivity contribution in [1.29, 1.82) is 0 Å². The van der Waals surface area contributed by atoms with E-state index in [1.54, 1.807) is 12.1 Å². The van der Waals surface area contributed by atoms with E-state index in [0.717, 1.165) is 6.42 Å². The number of nitro benzene ring substituents is 1. The van der Waals surface area contributed by atoms with Crippen LogP contribution in [0.4, 0.5) is 10.5 Å². The summed E-state index contributed by atoms with van der Waals surface area (Å²) in [6, 6.07) is 5.16. The maximum atomic E-state index is 11.8. The van der Waals surface area contributed by atoms with E-state index in [1.165, 1.54) is 12.1 Å². The molecule has 0 aromatic heterocycles. The van der Waals surface area contributed by atoms with Gasteiger partial charge in [-0.1, -0.05) is 17.3 Å². The van der Waals surface area contributed by atoms with Gasteiger partial charge in [-0.3, -0.25) is 10.1 Å². The first-order valence-electron chi connectivity index (χ1n) is 6.86. The van der Waals surface area contributed by atoms with Gasteiger partial charge in [0, 0.05) is 23.4 Å². The van der Waals surface area contributed by atoms with Crippen LogP contribution >= 0.6 is 0 Å². The number of hydrogen-bond acceptors (Lipinski definition) is 5. The SMILES string of the molecule is O=C1NC2=C(/C(=N/O)CCC2)[C@H](c2cccc([N+](=O)[O-])c2)N1. The number of non-ortho nitro benzene ring substituents is 1. The summed E-state index contributed by atoms with van der Waals surface area (Å²) in [7, 11) is 0. The van der Waals surface area contributed by atoms with Crippen molar-refractivity contribution in [3.63, 3.8) is 0 Å². The molecule has 114 valence electrons. The van der Waals surface area contributed by atoms with Crippen LogP contribution in [-0.2, 0) is 0 Å². The minimum atomic E-state index is -0.560. The van der Waals surface area contributed by atoms with Crippen LogP contribution in [0.25, 0.3) is 0 Å². The fourth-order valence-electron chi connectivity index (χ4n) is 2.89. The number of carbonyl (C=O) groups is 1. The summed E-state index contributed by atoms with van der Waals surface area (Å²) in [5.74, 6) is 0. The molecular weight excluding hydrogens is 288 g/mol. The predicted molar refractivity (Wildman–Crippen MR) is 77.6 cm³/mol. The lowest BCUT2D eigenvalue weighted by Gasteiger charge is -2.33. The topological polar surface area (TPSA) is 117 Å². The van der Waals surface area contributed by atoms with Crippen LogP contribution in [0.15, 0.2) is 40.7 Å². The molecule has 0 radical (unpaired) electrons.